The van der Waals surface area contributed by atoms with Gasteiger partial charge in [0, 0.05) is 34.1 Å². The molecule has 0 atom stereocenters. The minimum Gasteiger partial charge on any atom is -0.496 e. The van der Waals surface area contributed by atoms with Crippen LogP contribution in [0.1, 0.15) is 52.9 Å². The number of carbonyl (C=O) groups excluding carboxylic acids is 1. The van der Waals surface area contributed by atoms with E-state index >= 15 is 0 Å². The van der Waals surface area contributed by atoms with Gasteiger partial charge in [-0.15, -0.1) is 22.9 Å². The van der Waals surface area contributed by atoms with Crippen LogP contribution in [0, 0.1) is 0 Å². The highest BCUT2D eigenvalue weighted by Crippen LogP contribution is 2.38. The van der Waals surface area contributed by atoms with E-state index in [1.807, 2.05) is 47.4 Å². The van der Waals surface area contributed by atoms with Gasteiger partial charge in [-0.25, -0.2) is 0 Å². The molecule has 36 heavy (non-hydrogen) atoms. The Morgan fingerprint density at radius 3 is 2.42 bits per heavy atom. The van der Waals surface area contributed by atoms with Crippen LogP contribution < -0.4 is 4.74 Å². The molecule has 1 saturated carbocycles. The molecule has 4 aromatic rings. The monoisotopic (exact) mass is 537 g/mol. The lowest BCUT2D eigenvalue weighted by Gasteiger charge is -2.34. The zero-order valence-corrected chi connectivity index (χ0v) is 22.6. The molecular weight excluding hydrogens is 509 g/mol. The first-order valence-corrected chi connectivity index (χ1v) is 14.1. The number of methoxy groups -OCH3 is 1. The molecule has 1 heterocycles. The van der Waals surface area contributed by atoms with Gasteiger partial charge in [0.15, 0.2) is 0 Å². The molecule has 1 aliphatic rings. The van der Waals surface area contributed by atoms with Gasteiger partial charge >= 0.3 is 0 Å². The molecule has 1 aliphatic carbocycles. The number of benzene rings is 3. The van der Waals surface area contributed by atoms with E-state index in [2.05, 4.69) is 24.3 Å². The average molecular weight is 539 g/mol. The van der Waals surface area contributed by atoms with E-state index in [1.165, 1.54) is 17.8 Å². The lowest BCUT2D eigenvalue weighted by atomic mass is 9.93. The molecule has 6 heteroatoms. The lowest BCUT2D eigenvalue weighted by molar-refractivity contribution is 0.0618. The number of hydrogen-bond donors (Lipinski definition) is 0. The second-order valence-electron chi connectivity index (χ2n) is 9.32. The molecule has 0 spiro atoms. The topological polar surface area (TPSA) is 29.5 Å². The summed E-state index contributed by atoms with van der Waals surface area (Å²) in [6.07, 6.45) is 5.52. The van der Waals surface area contributed by atoms with Crippen molar-refractivity contribution in [2.24, 2.45) is 0 Å². The van der Waals surface area contributed by atoms with Crippen LogP contribution in [0.4, 0.5) is 0 Å². The van der Waals surface area contributed by atoms with Gasteiger partial charge in [-0.2, -0.15) is 0 Å². The molecular formula is C30H29Cl2NO2S. The summed E-state index contributed by atoms with van der Waals surface area (Å²) in [7, 11) is 1.68. The summed E-state index contributed by atoms with van der Waals surface area (Å²) in [4.78, 5) is 16.7. The predicted octanol–water partition coefficient (Wildman–Crippen LogP) is 8.94. The number of thiophene rings is 1. The first-order valence-electron chi connectivity index (χ1n) is 12.4. The Balaban J connectivity index is 1.52. The van der Waals surface area contributed by atoms with E-state index in [0.717, 1.165) is 63.8 Å². The van der Waals surface area contributed by atoms with Gasteiger partial charge in [-0.1, -0.05) is 79.4 Å². The maximum absolute atomic E-state index is 14.1. The van der Waals surface area contributed by atoms with Crippen molar-refractivity contribution in [1.82, 2.24) is 4.90 Å². The third-order valence-electron chi connectivity index (χ3n) is 7.07. The van der Waals surface area contributed by atoms with Crippen LogP contribution >= 0.6 is 34.5 Å². The van der Waals surface area contributed by atoms with Gasteiger partial charge in [-0.05, 0) is 47.7 Å². The number of alkyl halides is 1. The van der Waals surface area contributed by atoms with Crippen molar-refractivity contribution >= 4 is 50.5 Å². The SMILES string of the molecule is COc1ccc(-c2ccc(CCl)cc2)cc1CN(C(=O)c1sc2ccccc2c1Cl)C1CCCCC1. The van der Waals surface area contributed by atoms with Gasteiger partial charge in [0.05, 0.1) is 12.1 Å². The number of ether oxygens (including phenoxy) is 1. The van der Waals surface area contributed by atoms with Crippen molar-refractivity contribution in [1.29, 1.82) is 0 Å². The van der Waals surface area contributed by atoms with Crippen molar-refractivity contribution in [3.8, 4) is 16.9 Å². The summed E-state index contributed by atoms with van der Waals surface area (Å²) in [5.41, 5.74) is 4.27. The van der Waals surface area contributed by atoms with E-state index in [-0.39, 0.29) is 11.9 Å². The summed E-state index contributed by atoms with van der Waals surface area (Å²) in [6.45, 7) is 0.477. The van der Waals surface area contributed by atoms with Gasteiger partial charge < -0.3 is 9.64 Å². The van der Waals surface area contributed by atoms with Crippen molar-refractivity contribution < 1.29 is 9.53 Å². The van der Waals surface area contributed by atoms with Crippen molar-refractivity contribution in [2.75, 3.05) is 7.11 Å². The number of hydrogen-bond acceptors (Lipinski definition) is 3. The molecule has 0 saturated heterocycles. The number of rotatable bonds is 7. The molecule has 0 aliphatic heterocycles. The Morgan fingerprint density at radius 2 is 1.72 bits per heavy atom. The molecule has 0 N–H and O–H groups in total. The largest absolute Gasteiger partial charge is 0.496 e. The summed E-state index contributed by atoms with van der Waals surface area (Å²) < 4.78 is 6.78. The number of fused-ring (bicyclic) bond motifs is 1. The Bertz CT molecular complexity index is 1360. The van der Waals surface area contributed by atoms with Crippen LogP contribution in [0.5, 0.6) is 5.75 Å². The second-order valence-corrected chi connectivity index (χ2v) is 11.0. The molecule has 0 radical (unpaired) electrons. The Kier molecular flexibility index (Phi) is 7.85. The van der Waals surface area contributed by atoms with E-state index in [0.29, 0.717) is 22.3 Å². The molecule has 5 rings (SSSR count). The highest BCUT2D eigenvalue weighted by atomic mass is 35.5. The average Bonchev–Trinajstić information content (AvgIpc) is 3.28. The Labute approximate surface area is 226 Å². The molecule has 3 aromatic carbocycles. The molecule has 3 nitrogen and oxygen atoms in total. The molecule has 0 bridgehead atoms. The van der Waals surface area contributed by atoms with Gasteiger partial charge in [0.25, 0.3) is 5.91 Å². The molecule has 0 unspecified atom stereocenters. The third kappa shape index (κ3) is 5.13. The number of carbonyl (C=O) groups is 1. The quantitative estimate of drug-likeness (QED) is 0.220. The first kappa shape index (κ1) is 25.1. The van der Waals surface area contributed by atoms with Crippen molar-refractivity contribution in [2.45, 2.75) is 50.6 Å². The smallest absolute Gasteiger partial charge is 0.266 e. The fourth-order valence-electron chi connectivity index (χ4n) is 5.09. The fraction of sp³-hybridized carbons (Fsp3) is 0.300. The summed E-state index contributed by atoms with van der Waals surface area (Å²) >= 11 is 14.2. The van der Waals surface area contributed by atoms with Crippen LogP contribution in [-0.2, 0) is 12.4 Å². The standard InChI is InChI=1S/C30H29Cl2NO2S/c1-35-26-16-15-22(21-13-11-20(18-31)12-14-21)17-23(26)19-33(24-7-3-2-4-8-24)30(34)29-28(32)25-9-5-6-10-27(25)36-29/h5-6,9-17,24H,2-4,7-8,18-19H2,1H3. The van der Waals surface area contributed by atoms with Gasteiger partial charge in [0.1, 0.15) is 10.6 Å². The van der Waals surface area contributed by atoms with Gasteiger partial charge in [-0.3, -0.25) is 4.79 Å². The minimum atomic E-state index is 0.00650. The van der Waals surface area contributed by atoms with E-state index in [9.17, 15) is 4.79 Å². The summed E-state index contributed by atoms with van der Waals surface area (Å²) in [5.74, 6) is 1.28. The Hall–Kier alpha value is -2.53. The highest BCUT2D eigenvalue weighted by molar-refractivity contribution is 7.21. The molecule has 1 amide bonds. The van der Waals surface area contributed by atoms with Crippen LogP contribution in [0.2, 0.25) is 5.02 Å². The normalized spacial score (nSPS) is 14.2. The zero-order chi connectivity index (χ0) is 25.1. The van der Waals surface area contributed by atoms with Crippen molar-refractivity contribution in [3.63, 3.8) is 0 Å². The summed E-state index contributed by atoms with van der Waals surface area (Å²) in [6, 6.07) is 22.6. The summed E-state index contributed by atoms with van der Waals surface area (Å²) in [5, 5.41) is 1.50. The van der Waals surface area contributed by atoms with Crippen LogP contribution in [0.25, 0.3) is 21.2 Å². The molecule has 186 valence electrons. The lowest BCUT2D eigenvalue weighted by Crippen LogP contribution is -2.40. The van der Waals surface area contributed by atoms with E-state index < -0.39 is 0 Å². The predicted molar refractivity (Wildman–Crippen MR) is 152 cm³/mol. The van der Waals surface area contributed by atoms with Crippen LogP contribution in [0.3, 0.4) is 0 Å². The first-order chi connectivity index (χ1) is 17.6. The van der Waals surface area contributed by atoms with Gasteiger partial charge in [0.2, 0.25) is 0 Å². The molecule has 1 aromatic heterocycles. The van der Waals surface area contributed by atoms with Crippen LogP contribution in [0.15, 0.2) is 66.7 Å². The number of amides is 1. The van der Waals surface area contributed by atoms with E-state index in [4.69, 9.17) is 27.9 Å². The van der Waals surface area contributed by atoms with Crippen LogP contribution in [-0.4, -0.2) is 24.0 Å². The van der Waals surface area contributed by atoms with E-state index in [1.54, 1.807) is 7.11 Å². The number of nitrogens with zero attached hydrogens (tertiary/aromatic N) is 1. The minimum absolute atomic E-state index is 0.00650. The Morgan fingerprint density at radius 1 is 1.00 bits per heavy atom. The molecule has 1 fully saturated rings. The highest BCUT2D eigenvalue weighted by Gasteiger charge is 2.30. The fourth-order valence-corrected chi connectivity index (χ4v) is 6.74. The second kappa shape index (κ2) is 11.2. The maximum atomic E-state index is 14.1. The maximum Gasteiger partial charge on any atom is 0.266 e. The zero-order valence-electron chi connectivity index (χ0n) is 20.3. The number of halogens is 2. The third-order valence-corrected chi connectivity index (χ3v) is 9.04. The van der Waals surface area contributed by atoms with Crippen molar-refractivity contribution in [3.05, 3.63) is 87.8 Å².